The number of aryl methyl sites for hydroxylation is 1. The predicted molar refractivity (Wildman–Crippen MR) is 120 cm³/mol. The van der Waals surface area contributed by atoms with E-state index < -0.39 is 0 Å². The van der Waals surface area contributed by atoms with E-state index in [1.54, 1.807) is 10.9 Å². The fraction of sp³-hybridized carbons (Fsp3) is 0.500. The molecule has 0 spiro atoms. The summed E-state index contributed by atoms with van der Waals surface area (Å²) in [6, 6.07) is 8.58. The molecule has 2 heterocycles. The summed E-state index contributed by atoms with van der Waals surface area (Å²) in [7, 11) is 3.28. The molecular weight excluding hydrogens is 404 g/mol. The van der Waals surface area contributed by atoms with Gasteiger partial charge in [0.05, 0.1) is 30.4 Å². The van der Waals surface area contributed by atoms with Crippen LogP contribution in [0, 0.1) is 5.92 Å². The molecule has 3 aromatic rings. The molecule has 4 atom stereocenters. The Kier molecular flexibility index (Phi) is 5.55. The summed E-state index contributed by atoms with van der Waals surface area (Å²) in [6.07, 6.45) is 9.26. The molecule has 2 aliphatic rings. The zero-order valence-electron chi connectivity index (χ0n) is 18.6. The monoisotopic (exact) mass is 434 g/mol. The summed E-state index contributed by atoms with van der Waals surface area (Å²) in [4.78, 5) is 12.5. The molecule has 168 valence electrons. The molecule has 0 bridgehead atoms. The van der Waals surface area contributed by atoms with Crippen molar-refractivity contribution in [3.63, 3.8) is 0 Å². The lowest BCUT2D eigenvalue weighted by Crippen LogP contribution is -2.21. The van der Waals surface area contributed by atoms with E-state index in [1.807, 2.05) is 17.9 Å². The van der Waals surface area contributed by atoms with Gasteiger partial charge in [0.25, 0.3) is 0 Å². The van der Waals surface area contributed by atoms with Crippen LogP contribution in [-0.4, -0.2) is 44.4 Å². The standard InChI is InChI=1S/C24H30N6O2/c1-29-14-22(27-28-29)19-11-20(19)23-21(24(31)32-2)13-26-30(23)18-8-4-7-17(10-18)16-6-3-5-15(9-16)12-25/h4,7-8,10,13-16,19-20H,3,5-6,9,11-12,25H2,1-2H3/t15-,16-,19?,20?/m0/s1. The lowest BCUT2D eigenvalue weighted by Gasteiger charge is -2.28. The Morgan fingerprint density at radius 1 is 1.25 bits per heavy atom. The maximum atomic E-state index is 12.5. The van der Waals surface area contributed by atoms with Crippen molar-refractivity contribution in [2.24, 2.45) is 18.7 Å². The first-order chi connectivity index (χ1) is 15.6. The van der Waals surface area contributed by atoms with Crippen LogP contribution in [0.4, 0.5) is 0 Å². The summed E-state index contributed by atoms with van der Waals surface area (Å²) in [5, 5.41) is 13.0. The zero-order chi connectivity index (χ0) is 22.2. The number of carbonyl (C=O) groups is 1. The van der Waals surface area contributed by atoms with Gasteiger partial charge in [0.1, 0.15) is 5.56 Å². The van der Waals surface area contributed by atoms with E-state index in [0.717, 1.165) is 36.5 Å². The summed E-state index contributed by atoms with van der Waals surface area (Å²) in [6.45, 7) is 0.757. The summed E-state index contributed by atoms with van der Waals surface area (Å²) < 4.78 is 8.69. The van der Waals surface area contributed by atoms with Crippen molar-refractivity contribution in [1.29, 1.82) is 0 Å². The molecule has 5 rings (SSSR count). The van der Waals surface area contributed by atoms with Crippen molar-refractivity contribution in [3.05, 3.63) is 59.2 Å². The maximum absolute atomic E-state index is 12.5. The first-order valence-corrected chi connectivity index (χ1v) is 11.4. The van der Waals surface area contributed by atoms with Gasteiger partial charge >= 0.3 is 5.97 Å². The van der Waals surface area contributed by atoms with Gasteiger partial charge in [-0.05, 0) is 61.8 Å². The second-order valence-electron chi connectivity index (χ2n) is 9.17. The van der Waals surface area contributed by atoms with Gasteiger partial charge in [0.15, 0.2) is 0 Å². The minimum atomic E-state index is -0.356. The highest BCUT2D eigenvalue weighted by atomic mass is 16.5. The van der Waals surface area contributed by atoms with E-state index in [9.17, 15) is 4.79 Å². The van der Waals surface area contributed by atoms with Crippen molar-refractivity contribution in [2.45, 2.75) is 49.9 Å². The largest absolute Gasteiger partial charge is 0.465 e. The van der Waals surface area contributed by atoms with E-state index >= 15 is 0 Å². The number of ether oxygens (including phenoxy) is 1. The quantitative estimate of drug-likeness (QED) is 0.598. The summed E-state index contributed by atoms with van der Waals surface area (Å²) in [5.74, 6) is 1.15. The smallest absolute Gasteiger partial charge is 0.341 e. The Hall–Kier alpha value is -3.00. The maximum Gasteiger partial charge on any atom is 0.341 e. The van der Waals surface area contributed by atoms with Gasteiger partial charge in [-0.1, -0.05) is 23.8 Å². The highest BCUT2D eigenvalue weighted by Crippen LogP contribution is 2.55. The van der Waals surface area contributed by atoms with Crippen LogP contribution >= 0.6 is 0 Å². The molecule has 1 aromatic carbocycles. The molecule has 2 fully saturated rings. The minimum Gasteiger partial charge on any atom is -0.465 e. The number of aromatic nitrogens is 5. The molecule has 2 saturated carbocycles. The number of nitrogens with zero attached hydrogens (tertiary/aromatic N) is 5. The van der Waals surface area contributed by atoms with Crippen LogP contribution in [0.25, 0.3) is 5.69 Å². The van der Waals surface area contributed by atoms with Gasteiger partial charge in [-0.25, -0.2) is 9.48 Å². The van der Waals surface area contributed by atoms with Gasteiger partial charge in [-0.15, -0.1) is 5.10 Å². The Morgan fingerprint density at radius 3 is 2.88 bits per heavy atom. The van der Waals surface area contributed by atoms with Crippen LogP contribution in [0.2, 0.25) is 0 Å². The molecule has 0 saturated heterocycles. The van der Waals surface area contributed by atoms with Gasteiger partial charge in [0, 0.05) is 25.1 Å². The van der Waals surface area contributed by atoms with Crippen molar-refractivity contribution in [3.8, 4) is 5.69 Å². The van der Waals surface area contributed by atoms with Gasteiger partial charge in [-0.2, -0.15) is 5.10 Å². The number of benzene rings is 1. The molecular formula is C24H30N6O2. The van der Waals surface area contributed by atoms with E-state index in [2.05, 4.69) is 39.7 Å². The second-order valence-corrected chi connectivity index (χ2v) is 9.17. The molecule has 0 aliphatic heterocycles. The SMILES string of the molecule is COC(=O)c1cnn(-c2cccc([C@H]3CCC[C@H](CN)C3)c2)c1C1CC1c1cn(C)nn1. The molecule has 0 radical (unpaired) electrons. The third-order valence-corrected chi connectivity index (χ3v) is 7.06. The molecule has 32 heavy (non-hydrogen) atoms. The summed E-state index contributed by atoms with van der Waals surface area (Å²) >= 11 is 0. The highest BCUT2D eigenvalue weighted by molar-refractivity contribution is 5.91. The molecule has 0 amide bonds. The van der Waals surface area contributed by atoms with Crippen molar-refractivity contribution < 1.29 is 9.53 Å². The third kappa shape index (κ3) is 3.83. The topological polar surface area (TPSA) is 101 Å². The van der Waals surface area contributed by atoms with Crippen LogP contribution in [0.5, 0.6) is 0 Å². The fourth-order valence-electron chi connectivity index (χ4n) is 5.27. The van der Waals surface area contributed by atoms with E-state index in [-0.39, 0.29) is 17.8 Å². The van der Waals surface area contributed by atoms with Crippen LogP contribution in [-0.2, 0) is 11.8 Å². The van der Waals surface area contributed by atoms with Crippen LogP contribution in [0.15, 0.2) is 36.7 Å². The van der Waals surface area contributed by atoms with E-state index in [4.69, 9.17) is 10.5 Å². The second kappa shape index (κ2) is 8.50. The molecule has 2 aliphatic carbocycles. The molecule has 2 unspecified atom stereocenters. The number of rotatable bonds is 6. The Labute approximate surface area is 187 Å². The van der Waals surface area contributed by atoms with Crippen molar-refractivity contribution >= 4 is 5.97 Å². The third-order valence-electron chi connectivity index (χ3n) is 7.06. The van der Waals surface area contributed by atoms with Crippen LogP contribution in [0.1, 0.15) is 77.2 Å². The Bertz CT molecular complexity index is 1120. The number of hydrogen-bond donors (Lipinski definition) is 1. The van der Waals surface area contributed by atoms with Crippen LogP contribution in [0.3, 0.4) is 0 Å². The fourth-order valence-corrected chi connectivity index (χ4v) is 5.27. The minimum absolute atomic E-state index is 0.156. The average molecular weight is 435 g/mol. The Balaban J connectivity index is 1.49. The highest BCUT2D eigenvalue weighted by Gasteiger charge is 2.46. The van der Waals surface area contributed by atoms with Crippen LogP contribution < -0.4 is 5.73 Å². The predicted octanol–water partition coefficient (Wildman–Crippen LogP) is 3.29. The molecule has 2 N–H and O–H groups in total. The normalized spacial score (nSPS) is 25.0. The lowest BCUT2D eigenvalue weighted by atomic mass is 9.78. The lowest BCUT2D eigenvalue weighted by molar-refractivity contribution is 0.0599. The number of esters is 1. The molecule has 8 heteroatoms. The average Bonchev–Trinajstić information content (AvgIpc) is 3.28. The first-order valence-electron chi connectivity index (χ1n) is 11.4. The number of carbonyl (C=O) groups excluding carboxylic acids is 1. The van der Waals surface area contributed by atoms with Crippen molar-refractivity contribution in [2.75, 3.05) is 13.7 Å². The molecule has 8 nitrogen and oxygen atoms in total. The molecule has 2 aromatic heterocycles. The Morgan fingerprint density at radius 2 is 2.12 bits per heavy atom. The van der Waals surface area contributed by atoms with Gasteiger partial charge in [0.2, 0.25) is 0 Å². The van der Waals surface area contributed by atoms with Crippen molar-refractivity contribution in [1.82, 2.24) is 24.8 Å². The van der Waals surface area contributed by atoms with Gasteiger partial charge in [-0.3, -0.25) is 4.68 Å². The number of hydrogen-bond acceptors (Lipinski definition) is 6. The van der Waals surface area contributed by atoms with Gasteiger partial charge < -0.3 is 10.5 Å². The first kappa shape index (κ1) is 20.9. The van der Waals surface area contributed by atoms with E-state index in [0.29, 0.717) is 17.4 Å². The summed E-state index contributed by atoms with van der Waals surface area (Å²) in [5.41, 5.74) is 10.6. The van der Waals surface area contributed by atoms with E-state index in [1.165, 1.54) is 31.9 Å². The zero-order valence-corrected chi connectivity index (χ0v) is 18.6. The number of methoxy groups -OCH3 is 1. The number of nitrogens with two attached hydrogens (primary N) is 1.